The highest BCUT2D eigenvalue weighted by atomic mass is 16.5. The van der Waals surface area contributed by atoms with Crippen LogP contribution in [0.25, 0.3) is 0 Å². The Morgan fingerprint density at radius 2 is 2.22 bits per heavy atom. The van der Waals surface area contributed by atoms with E-state index >= 15 is 0 Å². The molecule has 0 aliphatic carbocycles. The van der Waals surface area contributed by atoms with Gasteiger partial charge in [0.15, 0.2) is 0 Å². The van der Waals surface area contributed by atoms with Gasteiger partial charge in [-0.25, -0.2) is 0 Å². The van der Waals surface area contributed by atoms with Crippen molar-refractivity contribution in [1.29, 1.82) is 0 Å². The number of rotatable bonds is 4. The molecule has 4 nitrogen and oxygen atoms in total. The third-order valence-corrected chi connectivity index (χ3v) is 4.36. The summed E-state index contributed by atoms with van der Waals surface area (Å²) in [5, 5.41) is 12.7. The fraction of sp³-hybridized carbons (Fsp3) is 1.00. The maximum Gasteiger partial charge on any atom is 0.0623 e. The quantitative estimate of drug-likeness (QED) is 0.783. The first-order valence-electron chi connectivity index (χ1n) is 7.45. The number of ether oxygens (including phenoxy) is 1. The fourth-order valence-corrected chi connectivity index (χ4v) is 3.12. The third-order valence-electron chi connectivity index (χ3n) is 4.36. The molecule has 0 bridgehead atoms. The average molecular weight is 256 g/mol. The first kappa shape index (κ1) is 14.3. The maximum atomic E-state index is 9.13. The lowest BCUT2D eigenvalue weighted by Gasteiger charge is -2.37. The molecule has 3 atom stereocenters. The summed E-state index contributed by atoms with van der Waals surface area (Å²) in [5.74, 6) is 0.807. The van der Waals surface area contributed by atoms with Crippen molar-refractivity contribution in [1.82, 2.24) is 10.2 Å². The van der Waals surface area contributed by atoms with E-state index in [9.17, 15) is 0 Å². The van der Waals surface area contributed by atoms with E-state index < -0.39 is 0 Å². The van der Waals surface area contributed by atoms with Gasteiger partial charge < -0.3 is 15.2 Å². The molecule has 0 saturated carbocycles. The molecule has 0 aromatic heterocycles. The molecular formula is C14H28N2O2. The van der Waals surface area contributed by atoms with Crippen molar-refractivity contribution in [2.45, 2.75) is 44.7 Å². The minimum Gasteiger partial charge on any atom is -0.396 e. The second-order valence-corrected chi connectivity index (χ2v) is 5.82. The average Bonchev–Trinajstić information content (AvgIpc) is 2.57. The maximum absolute atomic E-state index is 9.13. The van der Waals surface area contributed by atoms with Gasteiger partial charge in [-0.15, -0.1) is 0 Å². The molecule has 2 aliphatic heterocycles. The Morgan fingerprint density at radius 1 is 1.33 bits per heavy atom. The highest BCUT2D eigenvalue weighted by molar-refractivity contribution is 4.80. The van der Waals surface area contributed by atoms with Crippen LogP contribution in [0.3, 0.4) is 0 Å². The second-order valence-electron chi connectivity index (χ2n) is 5.82. The highest BCUT2D eigenvalue weighted by Gasteiger charge is 2.26. The second kappa shape index (κ2) is 7.43. The lowest BCUT2D eigenvalue weighted by molar-refractivity contribution is -0.0227. The number of hydrogen-bond donors (Lipinski definition) is 2. The predicted molar refractivity (Wildman–Crippen MR) is 72.7 cm³/mol. The molecule has 0 spiro atoms. The molecule has 2 fully saturated rings. The van der Waals surface area contributed by atoms with Crippen molar-refractivity contribution in [2.75, 3.05) is 39.5 Å². The van der Waals surface area contributed by atoms with Gasteiger partial charge in [-0.3, -0.25) is 4.90 Å². The Labute approximate surface area is 111 Å². The molecule has 2 N–H and O–H groups in total. The van der Waals surface area contributed by atoms with Gasteiger partial charge in [0.25, 0.3) is 0 Å². The van der Waals surface area contributed by atoms with Gasteiger partial charge in [0.05, 0.1) is 13.2 Å². The summed E-state index contributed by atoms with van der Waals surface area (Å²) in [4.78, 5) is 2.54. The Morgan fingerprint density at radius 3 is 3.06 bits per heavy atom. The van der Waals surface area contributed by atoms with Gasteiger partial charge in [-0.05, 0) is 45.1 Å². The minimum absolute atomic E-state index is 0.272. The molecule has 2 aliphatic rings. The summed E-state index contributed by atoms with van der Waals surface area (Å²) in [7, 11) is 0. The zero-order chi connectivity index (χ0) is 12.8. The standard InChI is InChI=1S/C14H28N2O2/c1-12-2-3-13(4-6-15-12)10-16-7-9-18-11-14(16)5-8-17/h12-15,17H,2-11H2,1H3. The largest absolute Gasteiger partial charge is 0.396 e. The van der Waals surface area contributed by atoms with E-state index in [-0.39, 0.29) is 6.61 Å². The van der Waals surface area contributed by atoms with Crippen LogP contribution in [0.2, 0.25) is 0 Å². The van der Waals surface area contributed by atoms with E-state index in [1.165, 1.54) is 25.8 Å². The Bertz CT molecular complexity index is 236. The van der Waals surface area contributed by atoms with E-state index in [2.05, 4.69) is 17.1 Å². The van der Waals surface area contributed by atoms with Crippen molar-refractivity contribution in [3.05, 3.63) is 0 Å². The monoisotopic (exact) mass is 256 g/mol. The van der Waals surface area contributed by atoms with Crippen LogP contribution in [0.1, 0.15) is 32.6 Å². The van der Waals surface area contributed by atoms with Crippen LogP contribution >= 0.6 is 0 Å². The Balaban J connectivity index is 1.82. The molecule has 2 saturated heterocycles. The molecule has 0 aromatic carbocycles. The van der Waals surface area contributed by atoms with E-state index in [1.807, 2.05) is 0 Å². The summed E-state index contributed by atoms with van der Waals surface area (Å²) in [5.41, 5.74) is 0. The van der Waals surface area contributed by atoms with E-state index in [0.717, 1.165) is 38.6 Å². The molecule has 0 amide bonds. The van der Waals surface area contributed by atoms with E-state index in [0.29, 0.717) is 12.1 Å². The summed E-state index contributed by atoms with van der Waals surface area (Å²) >= 11 is 0. The number of aliphatic hydroxyl groups excluding tert-OH is 1. The van der Waals surface area contributed by atoms with Crippen LogP contribution in [0.5, 0.6) is 0 Å². The highest BCUT2D eigenvalue weighted by Crippen LogP contribution is 2.20. The molecule has 2 heterocycles. The first-order valence-corrected chi connectivity index (χ1v) is 7.45. The van der Waals surface area contributed by atoms with Crippen molar-refractivity contribution in [2.24, 2.45) is 5.92 Å². The summed E-state index contributed by atoms with van der Waals surface area (Å²) in [6, 6.07) is 1.10. The zero-order valence-corrected chi connectivity index (χ0v) is 11.6. The number of nitrogens with zero attached hydrogens (tertiary/aromatic N) is 1. The van der Waals surface area contributed by atoms with Gasteiger partial charge in [0, 0.05) is 31.8 Å². The smallest absolute Gasteiger partial charge is 0.0623 e. The Hall–Kier alpha value is -0.160. The lowest BCUT2D eigenvalue weighted by atomic mass is 9.97. The van der Waals surface area contributed by atoms with Gasteiger partial charge >= 0.3 is 0 Å². The third kappa shape index (κ3) is 4.19. The molecule has 106 valence electrons. The zero-order valence-electron chi connectivity index (χ0n) is 11.6. The van der Waals surface area contributed by atoms with Crippen LogP contribution in [0, 0.1) is 5.92 Å². The van der Waals surface area contributed by atoms with Crippen molar-refractivity contribution < 1.29 is 9.84 Å². The van der Waals surface area contributed by atoms with Crippen molar-refractivity contribution in [3.63, 3.8) is 0 Å². The van der Waals surface area contributed by atoms with Gasteiger partial charge in [0.2, 0.25) is 0 Å². The van der Waals surface area contributed by atoms with E-state index in [4.69, 9.17) is 9.84 Å². The minimum atomic E-state index is 0.272. The molecule has 18 heavy (non-hydrogen) atoms. The van der Waals surface area contributed by atoms with Crippen LogP contribution in [-0.4, -0.2) is 61.5 Å². The topological polar surface area (TPSA) is 44.7 Å². The van der Waals surface area contributed by atoms with Crippen LogP contribution in [0.15, 0.2) is 0 Å². The molecular weight excluding hydrogens is 228 g/mol. The number of hydrogen-bond acceptors (Lipinski definition) is 4. The Kier molecular flexibility index (Phi) is 5.89. The first-order chi connectivity index (χ1) is 8.79. The van der Waals surface area contributed by atoms with E-state index in [1.54, 1.807) is 0 Å². The number of morpholine rings is 1. The summed E-state index contributed by atoms with van der Waals surface area (Å²) in [6.07, 6.45) is 4.76. The van der Waals surface area contributed by atoms with Gasteiger partial charge in [-0.1, -0.05) is 0 Å². The normalized spacial score (nSPS) is 35.3. The van der Waals surface area contributed by atoms with Crippen molar-refractivity contribution in [3.8, 4) is 0 Å². The van der Waals surface area contributed by atoms with Crippen LogP contribution in [0.4, 0.5) is 0 Å². The summed E-state index contributed by atoms with van der Waals surface area (Å²) < 4.78 is 5.53. The predicted octanol–water partition coefficient (Wildman–Crippen LogP) is 0.848. The molecule has 0 aromatic rings. The van der Waals surface area contributed by atoms with Crippen LogP contribution < -0.4 is 5.32 Å². The van der Waals surface area contributed by atoms with Gasteiger partial charge in [-0.2, -0.15) is 0 Å². The summed E-state index contributed by atoms with van der Waals surface area (Å²) in [6.45, 7) is 7.57. The SMILES string of the molecule is CC1CCC(CN2CCOCC2CCO)CCN1. The van der Waals surface area contributed by atoms with Crippen molar-refractivity contribution >= 4 is 0 Å². The lowest BCUT2D eigenvalue weighted by Crippen LogP contribution is -2.47. The number of aliphatic hydroxyl groups is 1. The molecule has 2 rings (SSSR count). The molecule has 3 unspecified atom stereocenters. The fourth-order valence-electron chi connectivity index (χ4n) is 3.12. The van der Waals surface area contributed by atoms with Gasteiger partial charge in [0.1, 0.15) is 0 Å². The number of nitrogens with one attached hydrogen (secondary N) is 1. The molecule has 0 radical (unpaired) electrons. The van der Waals surface area contributed by atoms with Crippen LogP contribution in [-0.2, 0) is 4.74 Å². The molecule has 4 heteroatoms.